The molecule has 8 nitrogen and oxygen atoms in total. The van der Waals surface area contributed by atoms with Crippen LogP contribution in [0.15, 0.2) is 18.2 Å². The third kappa shape index (κ3) is 5.94. The van der Waals surface area contributed by atoms with E-state index in [1.54, 1.807) is 26.0 Å². The zero-order chi connectivity index (χ0) is 20.0. The van der Waals surface area contributed by atoms with Crippen molar-refractivity contribution in [2.45, 2.75) is 46.1 Å². The Morgan fingerprint density at radius 3 is 2.78 bits per heavy atom. The third-order valence-corrected chi connectivity index (χ3v) is 4.41. The molecule has 2 rings (SSSR count). The average Bonchev–Trinajstić information content (AvgIpc) is 2.60. The van der Waals surface area contributed by atoms with E-state index < -0.39 is 16.8 Å². The van der Waals surface area contributed by atoms with Crippen molar-refractivity contribution in [1.29, 1.82) is 0 Å². The van der Waals surface area contributed by atoms with Crippen molar-refractivity contribution in [1.82, 2.24) is 5.32 Å². The Hall–Kier alpha value is -2.64. The number of ether oxygens (including phenoxy) is 1. The SMILES string of the molecule is CC(C)OC(=O)CCNC(=O)c1ccc(N2CCC[C@@H](C)C2)c([N+](=O)[O-])c1. The second-order valence-electron chi connectivity index (χ2n) is 7.20. The monoisotopic (exact) mass is 377 g/mol. The van der Waals surface area contributed by atoms with Crippen molar-refractivity contribution in [2.24, 2.45) is 5.92 Å². The first kappa shape index (κ1) is 20.7. The summed E-state index contributed by atoms with van der Waals surface area (Å²) in [6.45, 7) is 7.28. The van der Waals surface area contributed by atoms with E-state index in [1.165, 1.54) is 6.07 Å². The van der Waals surface area contributed by atoms with E-state index in [4.69, 9.17) is 4.74 Å². The maximum absolute atomic E-state index is 12.3. The number of hydrogen-bond acceptors (Lipinski definition) is 6. The van der Waals surface area contributed by atoms with Crippen LogP contribution in [-0.4, -0.2) is 42.5 Å². The molecular weight excluding hydrogens is 350 g/mol. The Morgan fingerprint density at radius 2 is 2.15 bits per heavy atom. The van der Waals surface area contributed by atoms with Crippen molar-refractivity contribution < 1.29 is 19.2 Å². The molecule has 0 bridgehead atoms. The van der Waals surface area contributed by atoms with Crippen LogP contribution in [0, 0.1) is 16.0 Å². The van der Waals surface area contributed by atoms with Gasteiger partial charge < -0.3 is 15.0 Å². The standard InChI is InChI=1S/C19H27N3O5/c1-13(2)27-18(23)8-9-20-19(24)15-6-7-16(17(11-15)22(25)26)21-10-4-5-14(3)12-21/h6-7,11,13-14H,4-5,8-10,12H2,1-3H3,(H,20,24)/t14-/m1/s1. The Morgan fingerprint density at radius 1 is 1.41 bits per heavy atom. The number of piperidine rings is 1. The van der Waals surface area contributed by atoms with Crippen LogP contribution in [-0.2, 0) is 9.53 Å². The van der Waals surface area contributed by atoms with Gasteiger partial charge in [-0.15, -0.1) is 0 Å². The molecular formula is C19H27N3O5. The number of nitrogens with one attached hydrogen (secondary N) is 1. The van der Waals surface area contributed by atoms with Gasteiger partial charge in [-0.25, -0.2) is 0 Å². The Balaban J connectivity index is 2.05. The first-order valence-corrected chi connectivity index (χ1v) is 9.29. The summed E-state index contributed by atoms with van der Waals surface area (Å²) >= 11 is 0. The van der Waals surface area contributed by atoms with Gasteiger partial charge in [-0.1, -0.05) is 6.92 Å². The number of rotatable bonds is 7. The van der Waals surface area contributed by atoms with Crippen LogP contribution < -0.4 is 10.2 Å². The highest BCUT2D eigenvalue weighted by atomic mass is 16.6. The average molecular weight is 377 g/mol. The van der Waals surface area contributed by atoms with Crippen molar-refractivity contribution in [3.63, 3.8) is 0 Å². The molecule has 0 spiro atoms. The van der Waals surface area contributed by atoms with Crippen LogP contribution in [0.2, 0.25) is 0 Å². The Labute approximate surface area is 159 Å². The number of nitro groups is 1. The van der Waals surface area contributed by atoms with E-state index in [0.29, 0.717) is 11.6 Å². The van der Waals surface area contributed by atoms with Gasteiger partial charge in [-0.3, -0.25) is 19.7 Å². The van der Waals surface area contributed by atoms with E-state index >= 15 is 0 Å². The molecule has 1 atom stereocenters. The lowest BCUT2D eigenvalue weighted by molar-refractivity contribution is -0.384. The smallest absolute Gasteiger partial charge is 0.307 e. The quantitative estimate of drug-likeness (QED) is 0.445. The van der Waals surface area contributed by atoms with Gasteiger partial charge >= 0.3 is 5.97 Å². The Kier molecular flexibility index (Phi) is 7.15. The lowest BCUT2D eigenvalue weighted by atomic mass is 9.99. The molecule has 1 heterocycles. The summed E-state index contributed by atoms with van der Waals surface area (Å²) in [4.78, 5) is 36.8. The number of anilines is 1. The molecule has 1 fully saturated rings. The normalized spacial score (nSPS) is 16.9. The topological polar surface area (TPSA) is 102 Å². The number of benzene rings is 1. The first-order valence-electron chi connectivity index (χ1n) is 9.29. The molecule has 1 aliphatic heterocycles. The molecule has 1 aromatic rings. The maximum Gasteiger partial charge on any atom is 0.307 e. The van der Waals surface area contributed by atoms with Crippen LogP contribution in [0.5, 0.6) is 0 Å². The second kappa shape index (κ2) is 9.34. The van der Waals surface area contributed by atoms with Crippen molar-refractivity contribution >= 4 is 23.3 Å². The van der Waals surface area contributed by atoms with Crippen LogP contribution in [0.1, 0.15) is 50.4 Å². The summed E-state index contributed by atoms with van der Waals surface area (Å²) in [5, 5.41) is 14.1. The highest BCUT2D eigenvalue weighted by Crippen LogP contribution is 2.32. The highest BCUT2D eigenvalue weighted by Gasteiger charge is 2.25. The fraction of sp³-hybridized carbons (Fsp3) is 0.579. The molecule has 0 aliphatic carbocycles. The number of nitro benzene ring substituents is 1. The molecule has 0 unspecified atom stereocenters. The highest BCUT2D eigenvalue weighted by molar-refractivity contribution is 5.96. The summed E-state index contributed by atoms with van der Waals surface area (Å²) in [6.07, 6.45) is 1.95. The predicted molar refractivity (Wildman–Crippen MR) is 102 cm³/mol. The summed E-state index contributed by atoms with van der Waals surface area (Å²) < 4.78 is 4.99. The lowest BCUT2D eigenvalue weighted by Gasteiger charge is -2.32. The van der Waals surface area contributed by atoms with Crippen molar-refractivity contribution in [2.75, 3.05) is 24.5 Å². The molecule has 1 aliphatic rings. The fourth-order valence-corrected chi connectivity index (χ4v) is 3.19. The second-order valence-corrected chi connectivity index (χ2v) is 7.20. The first-order chi connectivity index (χ1) is 12.8. The zero-order valence-electron chi connectivity index (χ0n) is 16.1. The van der Waals surface area contributed by atoms with Gasteiger partial charge in [0.1, 0.15) is 5.69 Å². The number of hydrogen-bond donors (Lipinski definition) is 1. The van der Waals surface area contributed by atoms with Crippen LogP contribution in [0.4, 0.5) is 11.4 Å². The number of esters is 1. The largest absolute Gasteiger partial charge is 0.463 e. The molecule has 1 N–H and O–H groups in total. The van der Waals surface area contributed by atoms with Gasteiger partial charge in [0.2, 0.25) is 0 Å². The van der Waals surface area contributed by atoms with Crippen molar-refractivity contribution in [3.05, 3.63) is 33.9 Å². The molecule has 1 amide bonds. The van der Waals surface area contributed by atoms with E-state index in [-0.39, 0.29) is 30.3 Å². The van der Waals surface area contributed by atoms with Gasteiger partial charge in [0.15, 0.2) is 0 Å². The summed E-state index contributed by atoms with van der Waals surface area (Å²) in [7, 11) is 0. The predicted octanol–water partition coefficient (Wildman–Crippen LogP) is 2.90. The Bertz CT molecular complexity index is 705. The molecule has 27 heavy (non-hydrogen) atoms. The van der Waals surface area contributed by atoms with E-state index in [0.717, 1.165) is 25.9 Å². The maximum atomic E-state index is 12.3. The van der Waals surface area contributed by atoms with E-state index in [1.807, 2.05) is 4.90 Å². The van der Waals surface area contributed by atoms with Crippen molar-refractivity contribution in [3.8, 4) is 0 Å². The van der Waals surface area contributed by atoms with E-state index in [9.17, 15) is 19.7 Å². The number of nitrogens with zero attached hydrogens (tertiary/aromatic N) is 2. The summed E-state index contributed by atoms with van der Waals surface area (Å²) in [5.41, 5.74) is 0.673. The lowest BCUT2D eigenvalue weighted by Crippen LogP contribution is -2.34. The van der Waals surface area contributed by atoms with Gasteiger partial charge in [0.05, 0.1) is 17.4 Å². The minimum Gasteiger partial charge on any atom is -0.463 e. The molecule has 0 saturated carbocycles. The minimum absolute atomic E-state index is 0.0514. The molecule has 1 aromatic carbocycles. The molecule has 1 saturated heterocycles. The van der Waals surface area contributed by atoms with Crippen LogP contribution in [0.25, 0.3) is 0 Å². The minimum atomic E-state index is -0.453. The van der Waals surface area contributed by atoms with Gasteiger partial charge in [-0.2, -0.15) is 0 Å². The number of carbonyl (C=O) groups excluding carboxylic acids is 2. The number of amides is 1. The van der Waals surface area contributed by atoms with Crippen LogP contribution in [0.3, 0.4) is 0 Å². The summed E-state index contributed by atoms with van der Waals surface area (Å²) in [6, 6.07) is 4.53. The number of carbonyl (C=O) groups is 2. The van der Waals surface area contributed by atoms with Crippen LogP contribution >= 0.6 is 0 Å². The zero-order valence-corrected chi connectivity index (χ0v) is 16.1. The van der Waals surface area contributed by atoms with Gasteiger partial charge in [-0.05, 0) is 44.7 Å². The fourth-order valence-electron chi connectivity index (χ4n) is 3.19. The molecule has 148 valence electrons. The van der Waals surface area contributed by atoms with E-state index in [2.05, 4.69) is 12.2 Å². The molecule has 0 aromatic heterocycles. The van der Waals surface area contributed by atoms with Gasteiger partial charge in [0.25, 0.3) is 11.6 Å². The third-order valence-electron chi connectivity index (χ3n) is 4.41. The summed E-state index contributed by atoms with van der Waals surface area (Å²) in [5.74, 6) is -0.369. The molecule has 0 radical (unpaired) electrons. The molecule has 8 heteroatoms. The van der Waals surface area contributed by atoms with Gasteiger partial charge in [0, 0.05) is 31.3 Å².